The molecule has 1 aromatic carbocycles. The van der Waals surface area contributed by atoms with Crippen molar-refractivity contribution in [2.75, 3.05) is 4.90 Å². The van der Waals surface area contributed by atoms with Crippen LogP contribution in [0.1, 0.15) is 34.5 Å². The van der Waals surface area contributed by atoms with Crippen molar-refractivity contribution in [2.24, 2.45) is 0 Å². The van der Waals surface area contributed by atoms with E-state index in [0.29, 0.717) is 21.8 Å². The van der Waals surface area contributed by atoms with E-state index in [-0.39, 0.29) is 11.8 Å². The first kappa shape index (κ1) is 20.1. The van der Waals surface area contributed by atoms with Gasteiger partial charge in [-0.25, -0.2) is 14.3 Å². The maximum atomic E-state index is 12.9. The van der Waals surface area contributed by atoms with Gasteiger partial charge in [0.25, 0.3) is 0 Å². The molecule has 0 aliphatic heterocycles. The average Bonchev–Trinajstić information content (AvgIpc) is 3.50. The lowest BCUT2D eigenvalue weighted by molar-refractivity contribution is 0.104. The molecule has 0 saturated carbocycles. The Morgan fingerprint density at radius 2 is 2.09 bits per heavy atom. The maximum absolute atomic E-state index is 12.9. The molecular weight excluding hydrogens is 424 g/mol. The van der Waals surface area contributed by atoms with E-state index < -0.39 is 6.09 Å². The van der Waals surface area contributed by atoms with Gasteiger partial charge in [-0.1, -0.05) is 30.4 Å². The Labute approximate surface area is 188 Å². The molecule has 3 aromatic heterocycles. The summed E-state index contributed by atoms with van der Waals surface area (Å²) in [4.78, 5) is 31.4. The number of nitrogens with zero attached hydrogens (tertiary/aromatic N) is 4. The first-order valence-corrected chi connectivity index (χ1v) is 11.2. The van der Waals surface area contributed by atoms with E-state index >= 15 is 0 Å². The number of carbonyl (C=O) groups excluding carboxylic acids is 1. The molecule has 32 heavy (non-hydrogen) atoms. The van der Waals surface area contributed by atoms with Gasteiger partial charge in [0.15, 0.2) is 5.65 Å². The molecule has 8 heteroatoms. The summed E-state index contributed by atoms with van der Waals surface area (Å²) in [6.07, 6.45) is 8.92. The summed E-state index contributed by atoms with van der Waals surface area (Å²) in [5.41, 5.74) is 3.02. The Morgan fingerprint density at radius 3 is 2.84 bits per heavy atom. The quantitative estimate of drug-likeness (QED) is 0.334. The monoisotopic (exact) mass is 444 g/mol. The fourth-order valence-electron chi connectivity index (χ4n) is 4.08. The van der Waals surface area contributed by atoms with Crippen molar-refractivity contribution in [2.45, 2.75) is 25.3 Å². The van der Waals surface area contributed by atoms with Crippen LogP contribution >= 0.6 is 11.3 Å². The summed E-state index contributed by atoms with van der Waals surface area (Å²) in [7, 11) is 0. The van der Waals surface area contributed by atoms with Gasteiger partial charge in [-0.05, 0) is 48.9 Å². The lowest BCUT2D eigenvalue weighted by atomic mass is 10.0. The number of allylic oxidation sites excluding steroid dienone is 1. The maximum Gasteiger partial charge on any atom is 0.412 e. The van der Waals surface area contributed by atoms with Crippen molar-refractivity contribution < 1.29 is 14.7 Å². The van der Waals surface area contributed by atoms with Crippen LogP contribution in [0, 0.1) is 0 Å². The minimum Gasteiger partial charge on any atom is -0.465 e. The third-order valence-electron chi connectivity index (χ3n) is 5.58. The standard InChI is InChI=1S/C24H20N4O3S/c29-22(21-10-5-13-32-21)19-15-26-28-20(11-12-25-23(19)28)16-6-4-9-18(14-16)27(24(30)31)17-7-2-1-3-8-17/h2,4-7,9-15,17H,1,3,8H2,(H,30,31). The number of benzene rings is 1. The number of carbonyl (C=O) groups is 2. The zero-order valence-electron chi connectivity index (χ0n) is 17.1. The highest BCUT2D eigenvalue weighted by molar-refractivity contribution is 7.12. The lowest BCUT2D eigenvalue weighted by Crippen LogP contribution is -2.39. The van der Waals surface area contributed by atoms with Gasteiger partial charge in [-0.15, -0.1) is 11.3 Å². The van der Waals surface area contributed by atoms with Crippen LogP contribution in [0.2, 0.25) is 0 Å². The Balaban J connectivity index is 1.56. The Kier molecular flexibility index (Phi) is 5.28. The zero-order chi connectivity index (χ0) is 22.1. The summed E-state index contributed by atoms with van der Waals surface area (Å²) in [5.74, 6) is -0.116. The van der Waals surface area contributed by atoms with Crippen molar-refractivity contribution in [3.05, 3.63) is 82.8 Å². The molecule has 1 aliphatic carbocycles. The molecule has 1 N–H and O–H groups in total. The van der Waals surface area contributed by atoms with Gasteiger partial charge in [-0.3, -0.25) is 9.69 Å². The summed E-state index contributed by atoms with van der Waals surface area (Å²) in [6.45, 7) is 0. The minimum atomic E-state index is -0.985. The topological polar surface area (TPSA) is 87.8 Å². The van der Waals surface area contributed by atoms with Gasteiger partial charge >= 0.3 is 6.09 Å². The predicted octanol–water partition coefficient (Wildman–Crippen LogP) is 5.28. The van der Waals surface area contributed by atoms with E-state index in [9.17, 15) is 14.7 Å². The zero-order valence-corrected chi connectivity index (χ0v) is 17.9. The summed E-state index contributed by atoms with van der Waals surface area (Å²) >= 11 is 1.38. The molecular formula is C24H20N4O3S. The molecule has 0 bridgehead atoms. The normalized spacial score (nSPS) is 15.7. The van der Waals surface area contributed by atoms with Crippen LogP contribution < -0.4 is 4.90 Å². The smallest absolute Gasteiger partial charge is 0.412 e. The summed E-state index contributed by atoms with van der Waals surface area (Å²) in [6, 6.07) is 12.6. The van der Waals surface area contributed by atoms with E-state index in [0.717, 1.165) is 30.5 Å². The number of thiophene rings is 1. The number of anilines is 1. The molecule has 0 fully saturated rings. The largest absolute Gasteiger partial charge is 0.465 e. The second-order valence-electron chi connectivity index (χ2n) is 7.56. The molecule has 0 saturated heterocycles. The summed E-state index contributed by atoms with van der Waals surface area (Å²) < 4.78 is 1.63. The lowest BCUT2D eigenvalue weighted by Gasteiger charge is -2.29. The Bertz CT molecular complexity index is 1330. The van der Waals surface area contributed by atoms with Crippen LogP contribution in [0.5, 0.6) is 0 Å². The van der Waals surface area contributed by atoms with Crippen molar-refractivity contribution in [3.8, 4) is 11.3 Å². The van der Waals surface area contributed by atoms with Crippen LogP contribution in [0.4, 0.5) is 10.5 Å². The Hall–Kier alpha value is -3.78. The van der Waals surface area contributed by atoms with E-state index in [4.69, 9.17) is 0 Å². The molecule has 160 valence electrons. The third kappa shape index (κ3) is 3.58. The molecule has 4 aromatic rings. The molecule has 1 amide bonds. The fraction of sp³-hybridized carbons (Fsp3) is 0.167. The Morgan fingerprint density at radius 1 is 1.19 bits per heavy atom. The highest BCUT2D eigenvalue weighted by Gasteiger charge is 2.25. The van der Waals surface area contributed by atoms with E-state index in [1.807, 2.05) is 47.9 Å². The molecule has 1 atom stereocenters. The number of carboxylic acid groups (broad SMARTS) is 1. The van der Waals surface area contributed by atoms with Crippen molar-refractivity contribution in [1.29, 1.82) is 0 Å². The highest BCUT2D eigenvalue weighted by Crippen LogP contribution is 2.29. The number of fused-ring (bicyclic) bond motifs is 1. The van der Waals surface area contributed by atoms with Crippen LogP contribution in [-0.2, 0) is 0 Å². The number of aromatic nitrogens is 3. The van der Waals surface area contributed by atoms with Crippen molar-refractivity contribution in [1.82, 2.24) is 14.6 Å². The predicted molar refractivity (Wildman–Crippen MR) is 123 cm³/mol. The molecule has 3 heterocycles. The molecule has 1 unspecified atom stereocenters. The number of ketones is 1. The molecule has 7 nitrogen and oxygen atoms in total. The van der Waals surface area contributed by atoms with Crippen LogP contribution in [0.3, 0.4) is 0 Å². The molecule has 0 radical (unpaired) electrons. The first-order chi connectivity index (χ1) is 15.6. The SMILES string of the molecule is O=C(c1cccs1)c1cnn2c(-c3cccc(N(C(=O)O)C4C=CCCC4)c3)ccnc12. The van der Waals surface area contributed by atoms with Crippen LogP contribution in [0.15, 0.2) is 72.4 Å². The van der Waals surface area contributed by atoms with E-state index in [2.05, 4.69) is 10.1 Å². The second-order valence-corrected chi connectivity index (χ2v) is 8.51. The van der Waals surface area contributed by atoms with Gasteiger partial charge in [0.1, 0.15) is 0 Å². The number of hydrogen-bond donors (Lipinski definition) is 1. The fourth-order valence-corrected chi connectivity index (χ4v) is 4.76. The van der Waals surface area contributed by atoms with E-state index in [1.165, 1.54) is 22.4 Å². The van der Waals surface area contributed by atoms with Crippen molar-refractivity contribution >= 4 is 34.5 Å². The molecule has 5 rings (SSSR count). The van der Waals surface area contributed by atoms with Crippen LogP contribution in [0.25, 0.3) is 16.9 Å². The highest BCUT2D eigenvalue weighted by atomic mass is 32.1. The van der Waals surface area contributed by atoms with Crippen LogP contribution in [-0.4, -0.2) is 37.6 Å². The number of rotatable bonds is 5. The molecule has 1 aliphatic rings. The van der Waals surface area contributed by atoms with Gasteiger partial charge in [0, 0.05) is 17.4 Å². The number of hydrogen-bond acceptors (Lipinski definition) is 5. The van der Waals surface area contributed by atoms with Gasteiger partial charge in [-0.2, -0.15) is 5.10 Å². The van der Waals surface area contributed by atoms with E-state index in [1.54, 1.807) is 22.8 Å². The third-order valence-corrected chi connectivity index (χ3v) is 6.45. The average molecular weight is 445 g/mol. The first-order valence-electron chi connectivity index (χ1n) is 10.3. The minimum absolute atomic E-state index is 0.116. The summed E-state index contributed by atoms with van der Waals surface area (Å²) in [5, 5.41) is 16.2. The van der Waals surface area contributed by atoms with Gasteiger partial charge in [0.05, 0.1) is 28.4 Å². The van der Waals surface area contributed by atoms with Gasteiger partial charge < -0.3 is 5.11 Å². The number of amides is 1. The molecule has 0 spiro atoms. The van der Waals surface area contributed by atoms with Gasteiger partial charge in [0.2, 0.25) is 5.78 Å². The van der Waals surface area contributed by atoms with Crippen molar-refractivity contribution in [3.63, 3.8) is 0 Å². The second kappa shape index (κ2) is 8.39.